The zero-order valence-electron chi connectivity index (χ0n) is 25.3. The van der Waals surface area contributed by atoms with Gasteiger partial charge in [-0.1, -0.05) is 6.07 Å². The van der Waals surface area contributed by atoms with Crippen molar-refractivity contribution in [3.63, 3.8) is 0 Å². The van der Waals surface area contributed by atoms with Gasteiger partial charge in [-0.25, -0.2) is 18.4 Å². The Labute approximate surface area is 260 Å². The molecule has 1 atom stereocenters. The van der Waals surface area contributed by atoms with E-state index in [0.717, 1.165) is 60.3 Å². The molecule has 4 aromatic heterocycles. The average molecular weight is 624 g/mol. The molecule has 1 aromatic carbocycles. The van der Waals surface area contributed by atoms with Crippen molar-refractivity contribution in [2.24, 2.45) is 7.05 Å². The number of morpholine rings is 1. The van der Waals surface area contributed by atoms with E-state index in [4.69, 9.17) is 9.72 Å². The van der Waals surface area contributed by atoms with Crippen molar-refractivity contribution in [2.75, 3.05) is 32.6 Å². The number of benzene rings is 1. The maximum Gasteiger partial charge on any atom is 0.280 e. The molecule has 0 radical (unpaired) electrons. The number of aromatic nitrogens is 5. The number of aromatic amines is 1. The second-order valence-corrected chi connectivity index (χ2v) is 13.9. The summed E-state index contributed by atoms with van der Waals surface area (Å²) in [5.41, 5.74) is 4.34. The number of ether oxygens (including phenoxy) is 1. The molecule has 1 aliphatic carbocycles. The topological polar surface area (TPSA) is 139 Å². The summed E-state index contributed by atoms with van der Waals surface area (Å²) in [5.74, 6) is 1.28. The molecule has 0 bridgehead atoms. The first-order chi connectivity index (χ1) is 21.6. The molecule has 1 unspecified atom stereocenters. The van der Waals surface area contributed by atoms with Crippen molar-refractivity contribution in [3.05, 3.63) is 82.3 Å². The smallest absolute Gasteiger partial charge is 0.280 e. The second-order valence-electron chi connectivity index (χ2n) is 11.9. The van der Waals surface area contributed by atoms with Crippen LogP contribution in [0.25, 0.3) is 39.2 Å². The highest BCUT2D eigenvalue weighted by Crippen LogP contribution is 2.42. The summed E-state index contributed by atoms with van der Waals surface area (Å²) in [7, 11) is -1.83. The number of aryl methyl sites for hydroxylation is 1. The SMILES string of the molecule is CC(c1cc2c(S(C)(=O)=O)cn(-c3cc(-c4ccc(C#N)cc4-c4nccn4C)cc(C4CC4)n3)c(=O)c2[nH]1)N1CCOCC1. The van der Waals surface area contributed by atoms with Crippen molar-refractivity contribution >= 4 is 20.7 Å². The molecular weight excluding hydrogens is 590 g/mol. The Morgan fingerprint density at radius 3 is 2.56 bits per heavy atom. The number of imidazole rings is 1. The molecule has 45 heavy (non-hydrogen) atoms. The third-order valence-electron chi connectivity index (χ3n) is 8.82. The minimum atomic E-state index is -3.72. The zero-order valence-corrected chi connectivity index (χ0v) is 26.1. The van der Waals surface area contributed by atoms with Crippen LogP contribution in [0.5, 0.6) is 0 Å². The van der Waals surface area contributed by atoms with E-state index in [1.165, 1.54) is 10.8 Å². The lowest BCUT2D eigenvalue weighted by atomic mass is 9.96. The molecular formula is C33H33N7O4S. The van der Waals surface area contributed by atoms with Crippen molar-refractivity contribution in [1.82, 2.24) is 29.0 Å². The number of fused-ring (bicyclic) bond motifs is 1. The molecule has 7 rings (SSSR count). The summed E-state index contributed by atoms with van der Waals surface area (Å²) < 4.78 is 35.0. The third-order valence-corrected chi connectivity index (χ3v) is 9.95. The van der Waals surface area contributed by atoms with Gasteiger partial charge >= 0.3 is 0 Å². The Balaban J connectivity index is 1.43. The summed E-state index contributed by atoms with van der Waals surface area (Å²) in [4.78, 5) is 29.2. The zero-order chi connectivity index (χ0) is 31.5. The van der Waals surface area contributed by atoms with Gasteiger partial charge in [0.15, 0.2) is 9.84 Å². The summed E-state index contributed by atoms with van der Waals surface area (Å²) >= 11 is 0. The van der Waals surface area contributed by atoms with Crippen LogP contribution in [-0.2, 0) is 21.6 Å². The number of hydrogen-bond acceptors (Lipinski definition) is 8. The van der Waals surface area contributed by atoms with Crippen LogP contribution < -0.4 is 5.56 Å². The highest BCUT2D eigenvalue weighted by molar-refractivity contribution is 7.91. The van der Waals surface area contributed by atoms with Gasteiger partial charge in [0, 0.05) is 79.3 Å². The average Bonchev–Trinajstić information content (AvgIpc) is 3.66. The first kappa shape index (κ1) is 29.2. The first-order valence-electron chi connectivity index (χ1n) is 15.0. The van der Waals surface area contributed by atoms with Gasteiger partial charge in [0.05, 0.1) is 29.7 Å². The molecule has 5 aromatic rings. The van der Waals surface area contributed by atoms with Crippen molar-refractivity contribution in [3.8, 4) is 34.4 Å². The van der Waals surface area contributed by atoms with Crippen molar-refractivity contribution in [1.29, 1.82) is 5.26 Å². The highest BCUT2D eigenvalue weighted by Gasteiger charge is 2.28. The Morgan fingerprint density at radius 2 is 1.89 bits per heavy atom. The molecule has 1 saturated heterocycles. The molecule has 12 heteroatoms. The Bertz CT molecular complexity index is 2160. The van der Waals surface area contributed by atoms with Crippen molar-refractivity contribution < 1.29 is 13.2 Å². The standard InChI is InChI=1S/C33H33N7O4S/c1-20(39-10-12-44-13-11-39)27-17-26-29(45(3,42)43)19-40(33(41)31(26)37-27)30-16-23(15-28(36-30)22-5-6-22)24-7-4-21(18-34)14-25(24)32-35-8-9-38(32)2/h4,7-9,14-17,19-20,22,37H,5-6,10-13H2,1-3H3. The van der Waals surface area contributed by atoms with Crippen LogP contribution in [0, 0.1) is 11.3 Å². The number of sulfone groups is 1. The van der Waals surface area contributed by atoms with E-state index in [2.05, 4.69) is 20.9 Å². The second kappa shape index (κ2) is 11.1. The van der Waals surface area contributed by atoms with Gasteiger partial charge < -0.3 is 14.3 Å². The minimum absolute atomic E-state index is 0.0565. The van der Waals surface area contributed by atoms with Gasteiger partial charge in [0.25, 0.3) is 5.56 Å². The Kier molecular flexibility index (Phi) is 7.19. The molecule has 11 nitrogen and oxygen atoms in total. The van der Waals surface area contributed by atoms with E-state index in [0.29, 0.717) is 35.8 Å². The highest BCUT2D eigenvalue weighted by atomic mass is 32.2. The number of H-pyrrole nitrogens is 1. The maximum atomic E-state index is 14.2. The van der Waals surface area contributed by atoms with Gasteiger partial charge in [-0.2, -0.15) is 5.26 Å². The van der Waals surface area contributed by atoms with E-state index in [1.807, 2.05) is 42.9 Å². The molecule has 1 N–H and O–H groups in total. The summed E-state index contributed by atoms with van der Waals surface area (Å²) in [6, 6.07) is 13.2. The fourth-order valence-corrected chi connectivity index (χ4v) is 6.99. The normalized spacial score (nSPS) is 16.6. The Morgan fingerprint density at radius 1 is 1.11 bits per heavy atom. The number of nitrogens with zero attached hydrogens (tertiary/aromatic N) is 6. The number of nitriles is 1. The fourth-order valence-electron chi connectivity index (χ4n) is 6.14. The molecule has 230 valence electrons. The molecule has 2 fully saturated rings. The van der Waals surface area contributed by atoms with E-state index >= 15 is 0 Å². The van der Waals surface area contributed by atoms with Crippen LogP contribution in [0.15, 0.2) is 64.7 Å². The van der Waals surface area contributed by atoms with Gasteiger partial charge in [0.2, 0.25) is 0 Å². The van der Waals surface area contributed by atoms with E-state index in [-0.39, 0.29) is 27.9 Å². The van der Waals surface area contributed by atoms with Crippen LogP contribution in [-0.4, -0.2) is 70.0 Å². The quantitative estimate of drug-likeness (QED) is 0.283. The van der Waals surface area contributed by atoms with Crippen LogP contribution >= 0.6 is 0 Å². The van der Waals surface area contributed by atoms with Gasteiger partial charge in [-0.3, -0.25) is 14.3 Å². The molecule has 1 aliphatic heterocycles. The van der Waals surface area contributed by atoms with Crippen molar-refractivity contribution in [2.45, 2.75) is 36.6 Å². The molecule has 5 heterocycles. The van der Waals surface area contributed by atoms with Gasteiger partial charge in [-0.05, 0) is 61.2 Å². The molecule has 0 amide bonds. The predicted molar refractivity (Wildman–Crippen MR) is 170 cm³/mol. The Hall–Kier alpha value is -4.57. The van der Waals surface area contributed by atoms with Crippen LogP contribution in [0.3, 0.4) is 0 Å². The van der Waals surface area contributed by atoms with E-state index < -0.39 is 9.84 Å². The van der Waals surface area contributed by atoms with E-state index in [9.17, 15) is 18.5 Å². The molecule has 1 saturated carbocycles. The summed E-state index contributed by atoms with van der Waals surface area (Å²) in [5, 5.41) is 10.0. The number of rotatable bonds is 7. The lowest BCUT2D eigenvalue weighted by molar-refractivity contribution is 0.0192. The largest absolute Gasteiger partial charge is 0.379 e. The minimum Gasteiger partial charge on any atom is -0.379 e. The van der Waals surface area contributed by atoms with Crippen LogP contribution in [0.4, 0.5) is 0 Å². The lowest BCUT2D eigenvalue weighted by Gasteiger charge is -2.31. The van der Waals surface area contributed by atoms with Gasteiger partial charge in [-0.15, -0.1) is 0 Å². The van der Waals surface area contributed by atoms with Gasteiger partial charge in [0.1, 0.15) is 17.2 Å². The third kappa shape index (κ3) is 5.37. The number of pyridine rings is 2. The first-order valence-corrected chi connectivity index (χ1v) is 16.9. The molecule has 0 spiro atoms. The van der Waals surface area contributed by atoms with E-state index in [1.54, 1.807) is 24.4 Å². The summed E-state index contributed by atoms with van der Waals surface area (Å²) in [6.45, 7) is 4.78. The fraction of sp³-hybridized carbons (Fsp3) is 0.333. The predicted octanol–water partition coefficient (Wildman–Crippen LogP) is 4.33. The number of hydrogen-bond donors (Lipinski definition) is 1. The lowest BCUT2D eigenvalue weighted by Crippen LogP contribution is -2.38. The summed E-state index contributed by atoms with van der Waals surface area (Å²) in [6.07, 6.45) is 8.08. The monoisotopic (exact) mass is 623 g/mol. The van der Waals surface area contributed by atoms with Crippen LogP contribution in [0.1, 0.15) is 48.7 Å². The maximum absolute atomic E-state index is 14.2. The number of nitrogens with one attached hydrogen (secondary N) is 1. The molecule has 2 aliphatic rings. The van der Waals surface area contributed by atoms with Crippen LogP contribution in [0.2, 0.25) is 0 Å².